The van der Waals surface area contributed by atoms with Crippen LogP contribution in [0.4, 0.5) is 0 Å². The summed E-state index contributed by atoms with van der Waals surface area (Å²) in [7, 11) is 0. The summed E-state index contributed by atoms with van der Waals surface area (Å²) in [6.07, 6.45) is 9.38. The first-order chi connectivity index (χ1) is 34.3. The van der Waals surface area contributed by atoms with Gasteiger partial charge >= 0.3 is 17.9 Å². The lowest BCUT2D eigenvalue weighted by Crippen LogP contribution is -2.11. The molecule has 0 aliphatic heterocycles. The molecule has 0 aliphatic rings. The van der Waals surface area contributed by atoms with E-state index in [1.54, 1.807) is 24.3 Å². The van der Waals surface area contributed by atoms with Crippen molar-refractivity contribution in [2.45, 2.75) is 92.9 Å². The lowest BCUT2D eigenvalue weighted by atomic mass is 9.98. The molecular formula is C57H62N4O10. The van der Waals surface area contributed by atoms with Gasteiger partial charge in [0.05, 0.1) is 29.9 Å². The summed E-state index contributed by atoms with van der Waals surface area (Å²) in [5, 5.41) is 26.6. The zero-order valence-electron chi connectivity index (χ0n) is 41.3. The largest absolute Gasteiger partial charge is 0.494 e. The molecule has 2 atom stereocenters. The van der Waals surface area contributed by atoms with Crippen molar-refractivity contribution in [3.05, 3.63) is 132 Å². The molecular weight excluding hydrogens is 901 g/mol. The normalized spacial score (nSPS) is 12.2. The second-order valence-electron chi connectivity index (χ2n) is 18.9. The number of esters is 2. The van der Waals surface area contributed by atoms with Crippen LogP contribution >= 0.6 is 0 Å². The fourth-order valence-corrected chi connectivity index (χ4v) is 7.74. The number of carboxylic acid groups (broad SMARTS) is 1. The molecule has 0 saturated carbocycles. The van der Waals surface area contributed by atoms with Gasteiger partial charge in [-0.25, -0.2) is 14.4 Å². The zero-order chi connectivity index (χ0) is 50.3. The van der Waals surface area contributed by atoms with Crippen molar-refractivity contribution in [2.24, 2.45) is 23.7 Å². The van der Waals surface area contributed by atoms with Crippen molar-refractivity contribution in [2.75, 3.05) is 13.2 Å². The van der Waals surface area contributed by atoms with Gasteiger partial charge in [0, 0.05) is 28.3 Å². The molecule has 14 nitrogen and oxygen atoms in total. The van der Waals surface area contributed by atoms with Crippen LogP contribution in [0.15, 0.2) is 124 Å². The van der Waals surface area contributed by atoms with Gasteiger partial charge in [0.1, 0.15) is 23.0 Å². The highest BCUT2D eigenvalue weighted by atomic mass is 16.5. The molecule has 2 aromatic heterocycles. The van der Waals surface area contributed by atoms with E-state index < -0.39 is 17.9 Å². The van der Waals surface area contributed by atoms with Gasteiger partial charge in [-0.15, -0.1) is 20.4 Å². The Kier molecular flexibility index (Phi) is 17.9. The molecule has 0 unspecified atom stereocenters. The van der Waals surface area contributed by atoms with Crippen molar-refractivity contribution in [1.82, 2.24) is 20.4 Å². The van der Waals surface area contributed by atoms with Crippen LogP contribution in [-0.2, 0) is 0 Å². The van der Waals surface area contributed by atoms with E-state index in [1.165, 1.54) is 68.9 Å². The van der Waals surface area contributed by atoms with Crippen LogP contribution in [0.3, 0.4) is 0 Å². The van der Waals surface area contributed by atoms with Crippen LogP contribution in [0.5, 0.6) is 23.0 Å². The predicted octanol–water partition coefficient (Wildman–Crippen LogP) is 13.7. The Morgan fingerprint density at radius 1 is 0.437 bits per heavy atom. The minimum atomic E-state index is -1.32. The predicted molar refractivity (Wildman–Crippen MR) is 270 cm³/mol. The third kappa shape index (κ3) is 15.2. The standard InChI is InChI=1S/C57H62N4O10/c1-36(2)9-7-11-38(5)29-31-66-47-25-21-42(22-26-47)53-60-58-51(70-53)40-13-17-44(18-14-40)56(64)68-49-33-46(55(62)63)34-50(35-49)69-57(65)45-19-15-41(16-20-45)52-59-61-54(71-52)43-23-27-48(28-24-43)67-32-30-39(6)12-8-10-37(3)4/h13-28,33-39H,7-12,29-32H2,1-6H3,(H,62,63)/t38-,39-/m1/s1. The van der Waals surface area contributed by atoms with Crippen molar-refractivity contribution < 1.29 is 47.3 Å². The van der Waals surface area contributed by atoms with Crippen LogP contribution in [0.2, 0.25) is 0 Å². The Balaban J connectivity index is 0.900. The number of carboxylic acids is 1. The smallest absolute Gasteiger partial charge is 0.343 e. The quantitative estimate of drug-likeness (QED) is 0.0421. The summed E-state index contributed by atoms with van der Waals surface area (Å²) in [6, 6.07) is 31.1. The highest BCUT2D eigenvalue weighted by molar-refractivity contribution is 5.94. The summed E-state index contributed by atoms with van der Waals surface area (Å²) in [5.74, 6) is 2.19. The van der Waals surface area contributed by atoms with Gasteiger partial charge in [-0.05, 0) is 146 Å². The van der Waals surface area contributed by atoms with Gasteiger partial charge in [0.15, 0.2) is 0 Å². The van der Waals surface area contributed by atoms with E-state index >= 15 is 0 Å². The Morgan fingerprint density at radius 2 is 0.775 bits per heavy atom. The molecule has 1 N–H and O–H groups in total. The lowest BCUT2D eigenvalue weighted by molar-refractivity contribution is 0.0680. The number of aromatic carboxylic acids is 1. The van der Waals surface area contributed by atoms with E-state index in [-0.39, 0.29) is 40.0 Å². The minimum absolute atomic E-state index is 0.145. The van der Waals surface area contributed by atoms with Crippen molar-refractivity contribution in [3.63, 3.8) is 0 Å². The van der Waals surface area contributed by atoms with Crippen LogP contribution < -0.4 is 18.9 Å². The first-order valence-electron chi connectivity index (χ1n) is 24.4. The SMILES string of the molecule is CC(C)CCC[C@@H](C)CCOc1ccc(-c2nnc(-c3ccc(C(=O)Oc4cc(OC(=O)c5ccc(-c6nnc(-c7ccc(OCC[C@H](C)CCCC(C)C)cc7)o6)cc5)cc(C(=O)O)c4)cc3)o2)cc1. The maximum Gasteiger partial charge on any atom is 0.343 e. The zero-order valence-corrected chi connectivity index (χ0v) is 41.3. The summed E-state index contributed by atoms with van der Waals surface area (Å²) >= 11 is 0. The molecule has 7 rings (SSSR count). The number of carbonyl (C=O) groups excluding carboxylic acids is 2. The molecule has 0 bridgehead atoms. The Hall–Kier alpha value is -7.61. The Labute approximate surface area is 414 Å². The van der Waals surface area contributed by atoms with Gasteiger partial charge in [-0.3, -0.25) is 0 Å². The average molecular weight is 963 g/mol. The average Bonchev–Trinajstić information content (AvgIpc) is 4.06. The summed E-state index contributed by atoms with van der Waals surface area (Å²) in [5.41, 5.74) is 2.64. The molecule has 71 heavy (non-hydrogen) atoms. The molecule has 0 fully saturated rings. The summed E-state index contributed by atoms with van der Waals surface area (Å²) < 4.78 is 35.0. The van der Waals surface area contributed by atoms with Gasteiger partial charge in [0.25, 0.3) is 0 Å². The number of aromatic nitrogens is 4. The second-order valence-corrected chi connectivity index (χ2v) is 18.9. The van der Waals surface area contributed by atoms with Gasteiger partial charge in [-0.2, -0.15) is 0 Å². The summed E-state index contributed by atoms with van der Waals surface area (Å²) in [6.45, 7) is 14.9. The molecule has 0 saturated heterocycles. The van der Waals surface area contributed by atoms with Crippen molar-refractivity contribution in [3.8, 4) is 68.8 Å². The van der Waals surface area contributed by atoms with Crippen molar-refractivity contribution >= 4 is 17.9 Å². The number of nitrogens with zero attached hydrogens (tertiary/aromatic N) is 4. The number of hydrogen-bond donors (Lipinski definition) is 1. The molecule has 5 aromatic carbocycles. The lowest BCUT2D eigenvalue weighted by Gasteiger charge is -2.13. The first kappa shape index (κ1) is 51.2. The molecule has 370 valence electrons. The number of rotatable bonds is 25. The Morgan fingerprint density at radius 3 is 1.10 bits per heavy atom. The van der Waals surface area contributed by atoms with Gasteiger partial charge < -0.3 is 32.9 Å². The van der Waals surface area contributed by atoms with Crippen LogP contribution in [0.25, 0.3) is 45.8 Å². The van der Waals surface area contributed by atoms with E-state index in [4.69, 9.17) is 27.8 Å². The molecule has 0 aliphatic carbocycles. The second kappa shape index (κ2) is 24.8. The van der Waals surface area contributed by atoms with E-state index in [2.05, 4.69) is 61.9 Å². The van der Waals surface area contributed by atoms with E-state index in [0.717, 1.165) is 59.4 Å². The van der Waals surface area contributed by atoms with Crippen LogP contribution in [-0.4, -0.2) is 56.6 Å². The van der Waals surface area contributed by atoms with Crippen molar-refractivity contribution in [1.29, 1.82) is 0 Å². The van der Waals surface area contributed by atoms with Gasteiger partial charge in [0.2, 0.25) is 23.6 Å². The van der Waals surface area contributed by atoms with E-state index in [1.807, 2.05) is 48.5 Å². The molecule has 0 spiro atoms. The topological polar surface area (TPSA) is 186 Å². The third-order valence-electron chi connectivity index (χ3n) is 12.1. The number of ether oxygens (including phenoxy) is 4. The fourth-order valence-electron chi connectivity index (χ4n) is 7.74. The highest BCUT2D eigenvalue weighted by Crippen LogP contribution is 2.30. The molecule has 7 aromatic rings. The monoisotopic (exact) mass is 962 g/mol. The van der Waals surface area contributed by atoms with E-state index in [0.29, 0.717) is 48.0 Å². The maximum absolute atomic E-state index is 13.3. The number of hydrogen-bond acceptors (Lipinski definition) is 13. The van der Waals surface area contributed by atoms with Gasteiger partial charge in [-0.1, -0.05) is 80.1 Å². The Bertz CT molecular complexity index is 2630. The molecule has 2 heterocycles. The van der Waals surface area contributed by atoms with E-state index in [9.17, 15) is 19.5 Å². The number of benzene rings is 5. The maximum atomic E-state index is 13.3. The fraction of sp³-hybridized carbons (Fsp3) is 0.351. The number of carbonyl (C=O) groups is 3. The molecule has 0 radical (unpaired) electrons. The van der Waals surface area contributed by atoms with Crippen LogP contribution in [0, 0.1) is 23.7 Å². The minimum Gasteiger partial charge on any atom is -0.494 e. The molecule has 14 heteroatoms. The summed E-state index contributed by atoms with van der Waals surface area (Å²) in [4.78, 5) is 38.5. The third-order valence-corrected chi connectivity index (χ3v) is 12.1. The highest BCUT2D eigenvalue weighted by Gasteiger charge is 2.19. The molecule has 0 amide bonds. The first-order valence-corrected chi connectivity index (χ1v) is 24.4. The van der Waals surface area contributed by atoms with Crippen LogP contribution in [0.1, 0.15) is 124 Å².